The molecule has 1 saturated carbocycles. The molecule has 0 radical (unpaired) electrons. The number of hydrogen-bond acceptors (Lipinski definition) is 2. The van der Waals surface area contributed by atoms with Gasteiger partial charge in [-0.25, -0.2) is 0 Å². The molecule has 1 heterocycles. The van der Waals surface area contributed by atoms with E-state index >= 15 is 0 Å². The molecule has 0 unspecified atom stereocenters. The third kappa shape index (κ3) is 4.85. The Labute approximate surface area is 205 Å². The molecule has 0 amide bonds. The Bertz CT molecular complexity index is 1240. The number of aromatic nitrogens is 1. The van der Waals surface area contributed by atoms with Crippen molar-refractivity contribution in [2.75, 3.05) is 6.54 Å². The molecular weight excluding hydrogens is 444 g/mol. The lowest BCUT2D eigenvalue weighted by atomic mass is 9.62. The monoisotopic (exact) mass is 472 g/mol. The lowest BCUT2D eigenvalue weighted by Gasteiger charge is -2.43. The van der Waals surface area contributed by atoms with Crippen LogP contribution >= 0.6 is 22.9 Å². The van der Waals surface area contributed by atoms with Gasteiger partial charge in [-0.15, -0.1) is 11.3 Å². The van der Waals surface area contributed by atoms with Gasteiger partial charge in [0.15, 0.2) is 4.80 Å². The first-order chi connectivity index (χ1) is 16.2. The van der Waals surface area contributed by atoms with E-state index in [1.54, 1.807) is 11.3 Å². The zero-order valence-corrected chi connectivity index (χ0v) is 20.4. The van der Waals surface area contributed by atoms with E-state index in [4.69, 9.17) is 16.6 Å². The highest BCUT2D eigenvalue weighted by atomic mass is 35.5. The van der Waals surface area contributed by atoms with Crippen molar-refractivity contribution in [1.29, 1.82) is 0 Å². The summed E-state index contributed by atoms with van der Waals surface area (Å²) in [4.78, 5) is 6.21. The van der Waals surface area contributed by atoms with Crippen LogP contribution in [0.2, 0.25) is 5.02 Å². The van der Waals surface area contributed by atoms with Gasteiger partial charge < -0.3 is 4.57 Å². The first-order valence-electron chi connectivity index (χ1n) is 11.8. The molecule has 0 spiro atoms. The summed E-state index contributed by atoms with van der Waals surface area (Å²) in [6.07, 6.45) is 5.60. The third-order valence-corrected chi connectivity index (χ3v) is 8.00. The van der Waals surface area contributed by atoms with Crippen LogP contribution in [0.1, 0.15) is 41.6 Å². The quantitative estimate of drug-likeness (QED) is 0.261. The Morgan fingerprint density at radius 1 is 0.818 bits per heavy atom. The molecular formula is C29H29ClN2S. The van der Waals surface area contributed by atoms with Crippen molar-refractivity contribution in [3.63, 3.8) is 0 Å². The summed E-state index contributed by atoms with van der Waals surface area (Å²) in [6, 6.07) is 29.9. The van der Waals surface area contributed by atoms with Crippen LogP contribution < -0.4 is 4.80 Å². The maximum absolute atomic E-state index is 6.21. The smallest absolute Gasteiger partial charge is 0.184 e. The Hall–Kier alpha value is -2.62. The number of nitrogens with zero attached hydrogens (tertiary/aromatic N) is 2. The third-order valence-electron chi connectivity index (χ3n) is 6.85. The summed E-state index contributed by atoms with van der Waals surface area (Å²) in [5.41, 5.74) is 5.57. The summed E-state index contributed by atoms with van der Waals surface area (Å²) >= 11 is 8.00. The summed E-state index contributed by atoms with van der Waals surface area (Å²) in [5.74, 6) is 0. The molecule has 2 nitrogen and oxygen atoms in total. The SMILES string of the molecule is Clc1ccc(C2(c3csc(=NCCc4ccccc4)n3CCc3ccccc3)CCC2)cc1. The molecule has 0 aliphatic heterocycles. The average molecular weight is 473 g/mol. The van der Waals surface area contributed by atoms with Gasteiger partial charge in [0.1, 0.15) is 0 Å². The summed E-state index contributed by atoms with van der Waals surface area (Å²) < 4.78 is 2.50. The molecule has 33 heavy (non-hydrogen) atoms. The van der Waals surface area contributed by atoms with E-state index in [1.807, 2.05) is 12.1 Å². The van der Waals surface area contributed by atoms with Crippen molar-refractivity contribution in [1.82, 2.24) is 4.57 Å². The van der Waals surface area contributed by atoms with Crippen molar-refractivity contribution in [3.8, 4) is 0 Å². The molecule has 168 valence electrons. The Balaban J connectivity index is 1.48. The van der Waals surface area contributed by atoms with Crippen LogP contribution in [-0.4, -0.2) is 11.1 Å². The molecule has 1 fully saturated rings. The zero-order chi connectivity index (χ0) is 22.5. The lowest BCUT2D eigenvalue weighted by Crippen LogP contribution is -2.39. The van der Waals surface area contributed by atoms with Gasteiger partial charge in [0, 0.05) is 34.6 Å². The molecule has 0 saturated heterocycles. The maximum Gasteiger partial charge on any atom is 0.184 e. The first-order valence-corrected chi connectivity index (χ1v) is 13.0. The minimum atomic E-state index is 0.0744. The Morgan fingerprint density at radius 2 is 1.45 bits per heavy atom. The van der Waals surface area contributed by atoms with Gasteiger partial charge in [-0.2, -0.15) is 0 Å². The highest BCUT2D eigenvalue weighted by molar-refractivity contribution is 7.07. The summed E-state index contributed by atoms with van der Waals surface area (Å²) in [5, 5.41) is 3.16. The summed E-state index contributed by atoms with van der Waals surface area (Å²) in [7, 11) is 0. The van der Waals surface area contributed by atoms with Crippen molar-refractivity contribution in [2.45, 2.75) is 44.1 Å². The van der Waals surface area contributed by atoms with Gasteiger partial charge in [0.2, 0.25) is 0 Å². The lowest BCUT2D eigenvalue weighted by molar-refractivity contribution is 0.282. The molecule has 0 bridgehead atoms. The van der Waals surface area contributed by atoms with Crippen LogP contribution in [0.15, 0.2) is 95.3 Å². The fourth-order valence-electron chi connectivity index (χ4n) is 4.85. The number of rotatable bonds is 8. The van der Waals surface area contributed by atoms with Gasteiger partial charge in [0.05, 0.1) is 0 Å². The molecule has 3 aromatic carbocycles. The molecule has 5 rings (SSSR count). The van der Waals surface area contributed by atoms with E-state index < -0.39 is 0 Å². The van der Waals surface area contributed by atoms with Crippen LogP contribution in [-0.2, 0) is 24.8 Å². The van der Waals surface area contributed by atoms with Crippen molar-refractivity contribution < 1.29 is 0 Å². The normalized spacial score (nSPS) is 15.4. The predicted octanol–water partition coefficient (Wildman–Crippen LogP) is 7.06. The molecule has 0 N–H and O–H groups in total. The fourth-order valence-corrected chi connectivity index (χ4v) is 6.03. The molecule has 0 atom stereocenters. The number of thiazole rings is 1. The zero-order valence-electron chi connectivity index (χ0n) is 18.8. The van der Waals surface area contributed by atoms with Crippen LogP contribution in [0, 0.1) is 0 Å². The highest BCUT2D eigenvalue weighted by Crippen LogP contribution is 2.49. The van der Waals surface area contributed by atoms with Gasteiger partial charge in [0.25, 0.3) is 0 Å². The number of hydrogen-bond donors (Lipinski definition) is 0. The number of benzene rings is 3. The molecule has 4 aromatic rings. The van der Waals surface area contributed by atoms with Gasteiger partial charge in [-0.05, 0) is 54.5 Å². The second-order valence-electron chi connectivity index (χ2n) is 8.85. The molecule has 1 aromatic heterocycles. The first kappa shape index (κ1) is 22.2. The standard InChI is InChI=1S/C29H29ClN2S/c30-26-14-12-25(13-15-26)29(18-7-19-29)27-22-33-28(31-20-16-23-8-3-1-4-9-23)32(27)21-17-24-10-5-2-6-11-24/h1-6,8-15,22H,7,16-21H2. The van der Waals surface area contributed by atoms with Crippen molar-refractivity contribution in [3.05, 3.63) is 123 Å². The molecule has 1 aliphatic rings. The largest absolute Gasteiger partial charge is 0.320 e. The number of halogens is 1. The predicted molar refractivity (Wildman–Crippen MR) is 139 cm³/mol. The van der Waals surface area contributed by atoms with E-state index in [1.165, 1.54) is 41.6 Å². The van der Waals surface area contributed by atoms with E-state index in [2.05, 4.69) is 82.7 Å². The van der Waals surface area contributed by atoms with Crippen LogP contribution in [0.4, 0.5) is 0 Å². The van der Waals surface area contributed by atoms with Crippen molar-refractivity contribution in [2.24, 2.45) is 4.99 Å². The van der Waals surface area contributed by atoms with E-state index in [-0.39, 0.29) is 5.41 Å². The van der Waals surface area contributed by atoms with Gasteiger partial charge in [-0.3, -0.25) is 4.99 Å². The van der Waals surface area contributed by atoms with Gasteiger partial charge >= 0.3 is 0 Å². The van der Waals surface area contributed by atoms with Gasteiger partial charge in [-0.1, -0.05) is 90.8 Å². The second-order valence-corrected chi connectivity index (χ2v) is 10.1. The number of aryl methyl sites for hydroxylation is 1. The Morgan fingerprint density at radius 3 is 2.06 bits per heavy atom. The van der Waals surface area contributed by atoms with E-state index in [9.17, 15) is 0 Å². The summed E-state index contributed by atoms with van der Waals surface area (Å²) in [6.45, 7) is 1.76. The molecule has 1 aliphatic carbocycles. The highest BCUT2D eigenvalue weighted by Gasteiger charge is 2.42. The molecule has 4 heteroatoms. The van der Waals surface area contributed by atoms with Crippen LogP contribution in [0.5, 0.6) is 0 Å². The van der Waals surface area contributed by atoms with Crippen molar-refractivity contribution >= 4 is 22.9 Å². The maximum atomic E-state index is 6.21. The topological polar surface area (TPSA) is 17.3 Å². The van der Waals surface area contributed by atoms with E-state index in [0.717, 1.165) is 35.8 Å². The minimum absolute atomic E-state index is 0.0744. The van der Waals surface area contributed by atoms with Crippen LogP contribution in [0.25, 0.3) is 0 Å². The Kier molecular flexibility index (Phi) is 6.80. The minimum Gasteiger partial charge on any atom is -0.320 e. The second kappa shape index (κ2) is 10.1. The van der Waals surface area contributed by atoms with E-state index in [0.29, 0.717) is 0 Å². The van der Waals surface area contributed by atoms with Crippen LogP contribution in [0.3, 0.4) is 0 Å². The fraction of sp³-hybridized carbons (Fsp3) is 0.276. The average Bonchev–Trinajstić information content (AvgIpc) is 3.22.